The van der Waals surface area contributed by atoms with Gasteiger partial charge in [0.2, 0.25) is 0 Å². The molecular weight excluding hydrogens is 535 g/mol. The Kier molecular flexibility index (Phi) is 11.9. The normalized spacial score (nSPS) is 10.4. The molecule has 9 heteroatoms. The summed E-state index contributed by atoms with van der Waals surface area (Å²) in [5.74, 6) is 0.431. The number of carboxylic acids is 2. The van der Waals surface area contributed by atoms with E-state index in [0.717, 1.165) is 39.7 Å². The zero-order valence-electron chi connectivity index (χ0n) is 24.2. The number of carbonyl (C=O) groups is 2. The van der Waals surface area contributed by atoms with Crippen molar-refractivity contribution in [3.63, 3.8) is 0 Å². The van der Waals surface area contributed by atoms with Crippen LogP contribution in [0, 0.1) is 47.4 Å². The molecule has 0 saturated carbocycles. The molecule has 0 aliphatic heterocycles. The van der Waals surface area contributed by atoms with Crippen LogP contribution in [0.15, 0.2) is 35.2 Å². The summed E-state index contributed by atoms with van der Waals surface area (Å²) in [5, 5.41) is 18.2. The van der Waals surface area contributed by atoms with E-state index < -0.39 is 11.9 Å². The molecule has 216 valence electrons. The number of methoxy groups -OCH3 is 2. The molecule has 0 heterocycles. The lowest BCUT2D eigenvalue weighted by molar-refractivity contribution is 0.0675. The summed E-state index contributed by atoms with van der Waals surface area (Å²) < 4.78 is 29.3. The Hall–Kier alpha value is -3.72. The van der Waals surface area contributed by atoms with E-state index in [2.05, 4.69) is 13.8 Å². The van der Waals surface area contributed by atoms with Crippen molar-refractivity contribution in [2.75, 3.05) is 26.6 Å². The molecule has 2 N–H and O–H groups in total. The minimum atomic E-state index is -1.12. The number of ether oxygens (including phenoxy) is 3. The molecule has 0 spiro atoms. The first-order chi connectivity index (χ1) is 18.8. The third-order valence-electron chi connectivity index (χ3n) is 6.71. The molecule has 40 heavy (non-hydrogen) atoms. The van der Waals surface area contributed by atoms with Gasteiger partial charge >= 0.3 is 11.9 Å². The number of halogens is 1. The number of benzene rings is 3. The molecule has 0 saturated heterocycles. The zero-order valence-corrected chi connectivity index (χ0v) is 25.0. The summed E-state index contributed by atoms with van der Waals surface area (Å²) in [6.45, 7) is 11.5. The van der Waals surface area contributed by atoms with Crippen molar-refractivity contribution in [1.82, 2.24) is 0 Å². The number of aromatic carboxylic acids is 2. The number of hydrogen-bond donors (Lipinski definition) is 2. The Morgan fingerprint density at radius 2 is 1.35 bits per heavy atom. The average Bonchev–Trinajstić information content (AvgIpc) is 2.90. The molecule has 3 rings (SSSR count). The molecule has 0 unspecified atom stereocenters. The highest BCUT2D eigenvalue weighted by molar-refractivity contribution is 7.99. The highest BCUT2D eigenvalue weighted by atomic mass is 32.2. The largest absolute Gasteiger partial charge is 0.496 e. The van der Waals surface area contributed by atoms with Crippen LogP contribution in [0.2, 0.25) is 0 Å². The number of carboxylic acid groups (broad SMARTS) is 2. The van der Waals surface area contributed by atoms with Gasteiger partial charge in [0.15, 0.2) is 0 Å². The van der Waals surface area contributed by atoms with Crippen LogP contribution in [0.5, 0.6) is 17.2 Å². The van der Waals surface area contributed by atoms with Gasteiger partial charge in [-0.05, 0) is 101 Å². The van der Waals surface area contributed by atoms with Gasteiger partial charge in [-0.3, -0.25) is 0 Å². The quantitative estimate of drug-likeness (QED) is 0.192. The minimum Gasteiger partial charge on any atom is -0.496 e. The second-order valence-corrected chi connectivity index (χ2v) is 10.4. The number of aryl methyl sites for hydroxylation is 1. The van der Waals surface area contributed by atoms with Crippen molar-refractivity contribution in [2.24, 2.45) is 0 Å². The van der Waals surface area contributed by atoms with Gasteiger partial charge in [-0.2, -0.15) is 0 Å². The van der Waals surface area contributed by atoms with Gasteiger partial charge in [0.05, 0.1) is 26.4 Å². The molecule has 0 bridgehead atoms. The Morgan fingerprint density at radius 1 is 0.775 bits per heavy atom. The van der Waals surface area contributed by atoms with Gasteiger partial charge in [-0.25, -0.2) is 14.0 Å². The first-order valence-corrected chi connectivity index (χ1v) is 13.6. The van der Waals surface area contributed by atoms with Crippen LogP contribution < -0.4 is 14.2 Å². The number of thioether (sulfide) groups is 1. The maximum absolute atomic E-state index is 12.8. The van der Waals surface area contributed by atoms with Gasteiger partial charge in [0.1, 0.15) is 28.6 Å². The third kappa shape index (κ3) is 7.69. The summed E-state index contributed by atoms with van der Waals surface area (Å²) in [6.07, 6.45) is 0.928. The van der Waals surface area contributed by atoms with Gasteiger partial charge in [0, 0.05) is 21.8 Å². The van der Waals surface area contributed by atoms with E-state index in [9.17, 15) is 14.0 Å². The van der Waals surface area contributed by atoms with E-state index in [1.54, 1.807) is 51.8 Å². The van der Waals surface area contributed by atoms with Crippen LogP contribution in [0.1, 0.15) is 60.5 Å². The second kappa shape index (κ2) is 14.6. The molecule has 0 aromatic heterocycles. The van der Waals surface area contributed by atoms with Crippen LogP contribution >= 0.6 is 11.8 Å². The summed E-state index contributed by atoms with van der Waals surface area (Å²) in [7, 11) is 3.01. The highest BCUT2D eigenvalue weighted by Crippen LogP contribution is 2.34. The topological polar surface area (TPSA) is 102 Å². The van der Waals surface area contributed by atoms with Gasteiger partial charge in [-0.15, -0.1) is 11.8 Å². The maximum Gasteiger partial charge on any atom is 0.339 e. The Balaban J connectivity index is 0.000000294. The van der Waals surface area contributed by atoms with Gasteiger partial charge in [-0.1, -0.05) is 0 Å². The SMILES string of the molecule is COc1c(C)c(C(=O)O)c(C)c(C)c1C(=O)O.COc1cc(C)c(C)c(OCCCSc2ccc(F)cc2)c1C. The lowest BCUT2D eigenvalue weighted by Crippen LogP contribution is -2.12. The van der Waals surface area contributed by atoms with Crippen LogP contribution in [0.25, 0.3) is 0 Å². The first kappa shape index (κ1) is 32.5. The molecule has 3 aromatic rings. The fraction of sp³-hybridized carbons (Fsp3) is 0.355. The Labute approximate surface area is 239 Å². The van der Waals surface area contributed by atoms with Crippen molar-refractivity contribution < 1.29 is 38.4 Å². The van der Waals surface area contributed by atoms with Crippen molar-refractivity contribution in [3.8, 4) is 17.2 Å². The second-order valence-electron chi connectivity index (χ2n) is 9.25. The molecular formula is C31H37FO7S. The monoisotopic (exact) mass is 572 g/mol. The van der Waals surface area contributed by atoms with Gasteiger partial charge in [0.25, 0.3) is 0 Å². The van der Waals surface area contributed by atoms with Crippen molar-refractivity contribution >= 4 is 23.7 Å². The van der Waals surface area contributed by atoms with Crippen LogP contribution in [-0.4, -0.2) is 48.7 Å². The standard InChI is InChI=1S/C19H23FO2S.C12H14O5/c1-13-12-18(21-4)15(3)19(14(13)2)22-10-5-11-23-17-8-6-16(20)7-9-17;1-5-6(2)9(12(15)16)10(17-4)7(3)8(5)11(13)14/h6-9,12H,5,10-11H2,1-4H3;1-4H3,(H,13,14)(H,15,16). The van der Waals surface area contributed by atoms with Crippen molar-refractivity contribution in [2.45, 2.75) is 52.9 Å². The maximum atomic E-state index is 12.8. The summed E-state index contributed by atoms with van der Waals surface area (Å²) in [6, 6.07) is 8.64. The van der Waals surface area contributed by atoms with Crippen molar-refractivity contribution in [3.05, 3.63) is 80.7 Å². The predicted molar refractivity (Wildman–Crippen MR) is 156 cm³/mol. The number of hydrogen-bond acceptors (Lipinski definition) is 6. The van der Waals surface area contributed by atoms with Crippen LogP contribution in [0.4, 0.5) is 4.39 Å². The average molecular weight is 573 g/mol. The predicted octanol–water partition coefficient (Wildman–Crippen LogP) is 7.34. The molecule has 3 aromatic carbocycles. The smallest absolute Gasteiger partial charge is 0.339 e. The highest BCUT2D eigenvalue weighted by Gasteiger charge is 2.25. The van der Waals surface area contributed by atoms with E-state index >= 15 is 0 Å². The Morgan fingerprint density at radius 3 is 1.88 bits per heavy atom. The molecule has 0 aliphatic carbocycles. The number of rotatable bonds is 10. The molecule has 0 radical (unpaired) electrons. The fourth-order valence-corrected chi connectivity index (χ4v) is 5.16. The first-order valence-electron chi connectivity index (χ1n) is 12.7. The van der Waals surface area contributed by atoms with Crippen LogP contribution in [0.3, 0.4) is 0 Å². The summed E-state index contributed by atoms with van der Waals surface area (Å²) in [5.41, 5.74) is 4.70. The zero-order chi connectivity index (χ0) is 30.1. The molecule has 0 aliphatic rings. The van der Waals surface area contributed by atoms with Gasteiger partial charge < -0.3 is 24.4 Å². The van der Waals surface area contributed by atoms with E-state index in [1.165, 1.54) is 24.8 Å². The Bertz CT molecular complexity index is 1370. The van der Waals surface area contributed by atoms with E-state index in [1.807, 2.05) is 13.0 Å². The lowest BCUT2D eigenvalue weighted by Gasteiger charge is -2.17. The van der Waals surface area contributed by atoms with Crippen LogP contribution in [-0.2, 0) is 0 Å². The van der Waals surface area contributed by atoms with E-state index in [4.69, 9.17) is 24.4 Å². The van der Waals surface area contributed by atoms with E-state index in [0.29, 0.717) is 23.3 Å². The third-order valence-corrected chi connectivity index (χ3v) is 7.81. The molecule has 0 amide bonds. The molecule has 7 nitrogen and oxygen atoms in total. The summed E-state index contributed by atoms with van der Waals surface area (Å²) >= 11 is 1.71. The minimum absolute atomic E-state index is 0.0208. The fourth-order valence-electron chi connectivity index (χ4n) is 4.33. The molecule has 0 fully saturated rings. The summed E-state index contributed by atoms with van der Waals surface area (Å²) in [4.78, 5) is 23.4. The van der Waals surface area contributed by atoms with Crippen molar-refractivity contribution in [1.29, 1.82) is 0 Å². The molecule has 0 atom stereocenters. The van der Waals surface area contributed by atoms with E-state index in [-0.39, 0.29) is 22.7 Å². The lowest BCUT2D eigenvalue weighted by atomic mass is 9.92.